The van der Waals surface area contributed by atoms with Crippen molar-refractivity contribution in [2.45, 2.75) is 52.0 Å². The van der Waals surface area contributed by atoms with E-state index in [0.29, 0.717) is 5.91 Å². The third kappa shape index (κ3) is 3.86. The third-order valence-electron chi connectivity index (χ3n) is 5.54. The molecule has 0 saturated carbocycles. The fourth-order valence-corrected chi connectivity index (χ4v) is 4.88. The zero-order valence-electron chi connectivity index (χ0n) is 16.4. The maximum absolute atomic E-state index is 13.2. The maximum Gasteiger partial charge on any atom is 0.227 e. The first-order valence-electron chi connectivity index (χ1n) is 9.86. The molecule has 2 aliphatic rings. The summed E-state index contributed by atoms with van der Waals surface area (Å²) in [4.78, 5) is 17.5. The highest BCUT2D eigenvalue weighted by atomic mass is 32.1. The van der Waals surface area contributed by atoms with Crippen LogP contribution in [0.4, 0.5) is 5.13 Å². The Bertz CT molecular complexity index is 826. The van der Waals surface area contributed by atoms with E-state index in [1.807, 2.05) is 0 Å². The fraction of sp³-hybridized carbons (Fsp3) is 0.571. The molecule has 2 aliphatic heterocycles. The summed E-state index contributed by atoms with van der Waals surface area (Å²) in [5, 5.41) is 10.8. The van der Waals surface area contributed by atoms with E-state index in [9.17, 15) is 4.79 Å². The Morgan fingerprint density at radius 3 is 2.67 bits per heavy atom. The van der Waals surface area contributed by atoms with Gasteiger partial charge < -0.3 is 9.80 Å². The standard InChI is InChI=1S/C21H28N4OS/c1-21(2,3)19-22-23-20(27-19)25-11-6-9-17(14-25)18(26)24-12-10-15-7-4-5-8-16(15)13-24/h4-5,7-8,17H,6,9-14H2,1-3H3. The lowest BCUT2D eigenvalue weighted by molar-refractivity contribution is -0.136. The molecule has 2 aromatic rings. The van der Waals surface area contributed by atoms with Crippen LogP contribution in [0.1, 0.15) is 49.7 Å². The number of piperidine rings is 1. The highest BCUT2D eigenvalue weighted by Crippen LogP contribution is 2.32. The van der Waals surface area contributed by atoms with Crippen molar-refractivity contribution in [2.24, 2.45) is 5.92 Å². The summed E-state index contributed by atoms with van der Waals surface area (Å²) in [6.45, 7) is 9.79. The number of hydrogen-bond acceptors (Lipinski definition) is 5. The van der Waals surface area contributed by atoms with Crippen molar-refractivity contribution < 1.29 is 4.79 Å². The van der Waals surface area contributed by atoms with E-state index < -0.39 is 0 Å². The molecule has 27 heavy (non-hydrogen) atoms. The Kier molecular flexibility index (Phi) is 4.93. The van der Waals surface area contributed by atoms with Crippen molar-refractivity contribution >= 4 is 22.4 Å². The number of amides is 1. The first-order valence-corrected chi connectivity index (χ1v) is 10.7. The van der Waals surface area contributed by atoms with Gasteiger partial charge in [0.05, 0.1) is 5.92 Å². The van der Waals surface area contributed by atoms with Gasteiger partial charge in [-0.05, 0) is 30.4 Å². The molecule has 1 aromatic heterocycles. The number of fused-ring (bicyclic) bond motifs is 1. The zero-order valence-corrected chi connectivity index (χ0v) is 17.3. The lowest BCUT2D eigenvalue weighted by atomic mass is 9.94. The summed E-state index contributed by atoms with van der Waals surface area (Å²) in [6.07, 6.45) is 2.97. The molecule has 1 atom stereocenters. The Balaban J connectivity index is 1.44. The Labute approximate surface area is 165 Å². The average molecular weight is 385 g/mol. The average Bonchev–Trinajstić information content (AvgIpc) is 3.18. The predicted octanol–water partition coefficient (Wildman–Crippen LogP) is 3.64. The van der Waals surface area contributed by atoms with E-state index >= 15 is 0 Å². The molecule has 5 nitrogen and oxygen atoms in total. The van der Waals surface area contributed by atoms with E-state index in [2.05, 4.69) is 65.0 Å². The summed E-state index contributed by atoms with van der Waals surface area (Å²) in [5.74, 6) is 0.362. The molecule has 1 unspecified atom stereocenters. The molecule has 3 heterocycles. The molecule has 1 amide bonds. The van der Waals surface area contributed by atoms with Gasteiger partial charge in [0, 0.05) is 31.6 Å². The number of carbonyl (C=O) groups excluding carboxylic acids is 1. The number of benzene rings is 1. The van der Waals surface area contributed by atoms with Gasteiger partial charge in [-0.2, -0.15) is 0 Å². The SMILES string of the molecule is CC(C)(C)c1nnc(N2CCCC(C(=O)N3CCc4ccccc4C3)C2)s1. The predicted molar refractivity (Wildman–Crippen MR) is 109 cm³/mol. The van der Waals surface area contributed by atoms with E-state index in [1.165, 1.54) is 11.1 Å². The molecule has 1 aromatic carbocycles. The van der Waals surface area contributed by atoms with Crippen molar-refractivity contribution in [3.8, 4) is 0 Å². The molecular formula is C21H28N4OS. The van der Waals surface area contributed by atoms with Crippen LogP contribution in [0.2, 0.25) is 0 Å². The molecule has 4 rings (SSSR count). The highest BCUT2D eigenvalue weighted by molar-refractivity contribution is 7.15. The van der Waals surface area contributed by atoms with Crippen molar-refractivity contribution in [2.75, 3.05) is 24.5 Å². The fourth-order valence-electron chi connectivity index (χ4n) is 3.94. The Hall–Kier alpha value is -1.95. The molecule has 0 aliphatic carbocycles. The van der Waals surface area contributed by atoms with Crippen LogP contribution in [-0.4, -0.2) is 40.6 Å². The molecular weight excluding hydrogens is 356 g/mol. The number of hydrogen-bond donors (Lipinski definition) is 0. The van der Waals surface area contributed by atoms with Crippen LogP contribution in [0.15, 0.2) is 24.3 Å². The number of aromatic nitrogens is 2. The molecule has 0 bridgehead atoms. The van der Waals surface area contributed by atoms with Crippen molar-refractivity contribution in [1.82, 2.24) is 15.1 Å². The van der Waals surface area contributed by atoms with Gasteiger partial charge in [-0.3, -0.25) is 4.79 Å². The van der Waals surface area contributed by atoms with Gasteiger partial charge in [0.1, 0.15) is 5.01 Å². The minimum Gasteiger partial charge on any atom is -0.346 e. The molecule has 144 valence electrons. The second-order valence-electron chi connectivity index (χ2n) is 8.70. The lowest BCUT2D eigenvalue weighted by Gasteiger charge is -2.36. The highest BCUT2D eigenvalue weighted by Gasteiger charge is 2.32. The van der Waals surface area contributed by atoms with Crippen molar-refractivity contribution in [3.05, 3.63) is 40.4 Å². The van der Waals surface area contributed by atoms with Gasteiger partial charge in [-0.15, -0.1) is 10.2 Å². The summed E-state index contributed by atoms with van der Waals surface area (Å²) in [7, 11) is 0. The minimum atomic E-state index is 0.0160. The largest absolute Gasteiger partial charge is 0.346 e. The molecule has 0 radical (unpaired) electrons. The summed E-state index contributed by atoms with van der Waals surface area (Å²) in [6, 6.07) is 8.49. The second-order valence-corrected chi connectivity index (χ2v) is 9.66. The number of rotatable bonds is 2. The zero-order chi connectivity index (χ0) is 19.0. The molecule has 0 spiro atoms. The van der Waals surface area contributed by atoms with Gasteiger partial charge in [0.25, 0.3) is 0 Å². The number of nitrogens with zero attached hydrogens (tertiary/aromatic N) is 4. The van der Waals surface area contributed by atoms with Gasteiger partial charge in [0.15, 0.2) is 0 Å². The molecule has 0 N–H and O–H groups in total. The Morgan fingerprint density at radius 1 is 1.15 bits per heavy atom. The van der Waals surface area contributed by atoms with Crippen LogP contribution in [-0.2, 0) is 23.2 Å². The summed E-state index contributed by atoms with van der Waals surface area (Å²) >= 11 is 1.67. The van der Waals surface area contributed by atoms with Crippen LogP contribution in [0.3, 0.4) is 0 Å². The molecule has 1 fully saturated rings. The smallest absolute Gasteiger partial charge is 0.227 e. The van der Waals surface area contributed by atoms with Crippen LogP contribution in [0.5, 0.6) is 0 Å². The van der Waals surface area contributed by atoms with Crippen LogP contribution in [0.25, 0.3) is 0 Å². The first kappa shape index (κ1) is 18.4. The lowest BCUT2D eigenvalue weighted by Crippen LogP contribution is -2.46. The first-order chi connectivity index (χ1) is 12.9. The quantitative estimate of drug-likeness (QED) is 0.793. The van der Waals surface area contributed by atoms with Gasteiger partial charge in [-0.1, -0.05) is 56.4 Å². The van der Waals surface area contributed by atoms with Crippen molar-refractivity contribution in [1.29, 1.82) is 0 Å². The van der Waals surface area contributed by atoms with Crippen molar-refractivity contribution in [3.63, 3.8) is 0 Å². The second kappa shape index (κ2) is 7.23. The topological polar surface area (TPSA) is 49.3 Å². The van der Waals surface area contributed by atoms with E-state index in [-0.39, 0.29) is 11.3 Å². The number of carbonyl (C=O) groups is 1. The Morgan fingerprint density at radius 2 is 1.93 bits per heavy atom. The van der Waals surface area contributed by atoms with E-state index in [4.69, 9.17) is 0 Å². The van der Waals surface area contributed by atoms with Crippen LogP contribution in [0, 0.1) is 5.92 Å². The summed E-state index contributed by atoms with van der Waals surface area (Å²) in [5.41, 5.74) is 2.70. The monoisotopic (exact) mass is 384 g/mol. The molecule has 6 heteroatoms. The minimum absolute atomic E-state index is 0.0160. The number of anilines is 1. The van der Waals surface area contributed by atoms with Gasteiger partial charge in [0.2, 0.25) is 11.0 Å². The third-order valence-corrected chi connectivity index (χ3v) is 6.95. The van der Waals surface area contributed by atoms with Gasteiger partial charge >= 0.3 is 0 Å². The normalized spacial score (nSPS) is 20.5. The van der Waals surface area contributed by atoms with Crippen LogP contribution < -0.4 is 4.90 Å². The van der Waals surface area contributed by atoms with E-state index in [1.54, 1.807) is 11.3 Å². The maximum atomic E-state index is 13.2. The van der Waals surface area contributed by atoms with Gasteiger partial charge in [-0.25, -0.2) is 0 Å². The summed E-state index contributed by atoms with van der Waals surface area (Å²) < 4.78 is 0. The molecule has 1 saturated heterocycles. The van der Waals surface area contributed by atoms with E-state index in [0.717, 1.165) is 55.6 Å². The van der Waals surface area contributed by atoms with Crippen LogP contribution >= 0.6 is 11.3 Å².